The molecule has 3 aromatic heterocycles. The van der Waals surface area contributed by atoms with Crippen molar-refractivity contribution in [2.24, 2.45) is 0 Å². The van der Waals surface area contributed by atoms with Crippen molar-refractivity contribution >= 4 is 46.2 Å². The van der Waals surface area contributed by atoms with Crippen LogP contribution < -0.4 is 15.0 Å². The molecule has 0 bridgehead atoms. The van der Waals surface area contributed by atoms with Crippen LogP contribution in [0, 0.1) is 0 Å². The Labute approximate surface area is 244 Å². The van der Waals surface area contributed by atoms with Crippen molar-refractivity contribution < 1.29 is 9.47 Å². The molecule has 6 rings (SSSR count). The average molecular weight is 577 g/mol. The normalized spacial score (nSPS) is 18.9. The van der Waals surface area contributed by atoms with Crippen molar-refractivity contribution in [3.63, 3.8) is 0 Å². The molecule has 1 saturated heterocycles. The van der Waals surface area contributed by atoms with Crippen LogP contribution in [0.15, 0.2) is 53.7 Å². The Balaban J connectivity index is 1.58. The first kappa shape index (κ1) is 27.2. The lowest BCUT2D eigenvalue weighted by Crippen LogP contribution is -2.56. The number of benzene rings is 1. The largest absolute Gasteiger partial charge is 0.486 e. The molecule has 4 aromatic rings. The highest BCUT2D eigenvalue weighted by atomic mass is 32.2. The molecule has 2 aliphatic rings. The van der Waals surface area contributed by atoms with Gasteiger partial charge in [-0.05, 0) is 71.0 Å². The van der Waals surface area contributed by atoms with Gasteiger partial charge in [0.1, 0.15) is 12.3 Å². The van der Waals surface area contributed by atoms with Crippen LogP contribution in [0.5, 0.6) is 5.75 Å². The first-order valence-corrected chi connectivity index (χ1v) is 15.7. The summed E-state index contributed by atoms with van der Waals surface area (Å²) in [6, 6.07) is 13.0. The molecule has 2 atom stereocenters. The lowest BCUT2D eigenvalue weighted by Gasteiger charge is -2.45. The maximum Gasteiger partial charge on any atom is 0.184 e. The minimum absolute atomic E-state index is 0.123. The molecule has 10 heteroatoms. The van der Waals surface area contributed by atoms with Gasteiger partial charge in [0.2, 0.25) is 0 Å². The van der Waals surface area contributed by atoms with E-state index in [0.717, 1.165) is 44.4 Å². The van der Waals surface area contributed by atoms with E-state index in [1.54, 1.807) is 23.7 Å². The van der Waals surface area contributed by atoms with Gasteiger partial charge in [0.15, 0.2) is 23.0 Å². The Bertz CT molecular complexity index is 1520. The van der Waals surface area contributed by atoms with E-state index >= 15 is 0 Å². The number of rotatable bonds is 7. The summed E-state index contributed by atoms with van der Waals surface area (Å²) < 4.78 is 14.1. The van der Waals surface area contributed by atoms with Gasteiger partial charge in [0.05, 0.1) is 47.5 Å². The molecular formula is C30H36N6O2S2. The molecule has 5 heterocycles. The molecule has 0 amide bonds. The van der Waals surface area contributed by atoms with E-state index in [4.69, 9.17) is 24.4 Å². The smallest absolute Gasteiger partial charge is 0.184 e. The van der Waals surface area contributed by atoms with Gasteiger partial charge in [0, 0.05) is 22.5 Å². The molecule has 8 nitrogen and oxygen atoms in total. The van der Waals surface area contributed by atoms with Crippen LogP contribution in [-0.4, -0.2) is 63.1 Å². The molecule has 0 saturated carbocycles. The van der Waals surface area contributed by atoms with E-state index in [1.807, 2.05) is 12.3 Å². The predicted octanol–water partition coefficient (Wildman–Crippen LogP) is 6.45. The Morgan fingerprint density at radius 1 is 1.07 bits per heavy atom. The minimum Gasteiger partial charge on any atom is -0.486 e. The topological polar surface area (TPSA) is 77.3 Å². The van der Waals surface area contributed by atoms with Crippen LogP contribution in [0.2, 0.25) is 0 Å². The number of nitrogens with one attached hydrogen (secondary N) is 1. The Hall–Kier alpha value is -2.95. The van der Waals surface area contributed by atoms with E-state index in [9.17, 15) is 0 Å². The Kier molecular flexibility index (Phi) is 7.35. The molecular weight excluding hydrogens is 541 g/mol. The third-order valence-electron chi connectivity index (χ3n) is 7.43. The molecule has 0 radical (unpaired) electrons. The van der Waals surface area contributed by atoms with Gasteiger partial charge in [-0.1, -0.05) is 18.2 Å². The molecule has 1 N–H and O–H groups in total. The highest BCUT2D eigenvalue weighted by Crippen LogP contribution is 2.47. The summed E-state index contributed by atoms with van der Waals surface area (Å²) in [7, 11) is 0. The van der Waals surface area contributed by atoms with E-state index < -0.39 is 0 Å². The van der Waals surface area contributed by atoms with Crippen molar-refractivity contribution in [3.8, 4) is 17.1 Å². The summed E-state index contributed by atoms with van der Waals surface area (Å²) in [6.07, 6.45) is 6.11. The van der Waals surface area contributed by atoms with Crippen molar-refractivity contribution in [3.05, 3.63) is 54.5 Å². The lowest BCUT2D eigenvalue weighted by atomic mass is 10.0. The predicted molar refractivity (Wildman–Crippen MR) is 166 cm³/mol. The molecule has 0 spiro atoms. The number of morpholine rings is 1. The van der Waals surface area contributed by atoms with Gasteiger partial charge >= 0.3 is 0 Å². The average Bonchev–Trinajstić information content (AvgIpc) is 3.34. The van der Waals surface area contributed by atoms with Gasteiger partial charge in [0.25, 0.3) is 0 Å². The molecule has 1 unspecified atom stereocenters. The number of hydrogen-bond donors (Lipinski definition) is 1. The van der Waals surface area contributed by atoms with E-state index in [0.29, 0.717) is 25.6 Å². The van der Waals surface area contributed by atoms with E-state index in [2.05, 4.69) is 91.6 Å². The van der Waals surface area contributed by atoms with Crippen molar-refractivity contribution in [2.45, 2.75) is 62.4 Å². The summed E-state index contributed by atoms with van der Waals surface area (Å²) in [4.78, 5) is 19.0. The number of pyridine rings is 1. The zero-order valence-corrected chi connectivity index (χ0v) is 25.5. The zero-order valence-electron chi connectivity index (χ0n) is 23.8. The number of ether oxygens (including phenoxy) is 2. The second-order valence-electron chi connectivity index (χ2n) is 11.2. The van der Waals surface area contributed by atoms with Crippen molar-refractivity contribution in [1.29, 1.82) is 0 Å². The zero-order chi connectivity index (χ0) is 28.0. The number of aromatic nitrogens is 4. The van der Waals surface area contributed by atoms with Crippen LogP contribution in [0.1, 0.15) is 40.3 Å². The monoisotopic (exact) mass is 576 g/mol. The van der Waals surface area contributed by atoms with Crippen molar-refractivity contribution in [1.82, 2.24) is 18.9 Å². The molecule has 2 aliphatic heterocycles. The fourth-order valence-corrected chi connectivity index (χ4v) is 6.53. The molecule has 40 heavy (non-hydrogen) atoms. The van der Waals surface area contributed by atoms with Gasteiger partial charge < -0.3 is 19.7 Å². The molecule has 1 aromatic carbocycles. The number of anilines is 2. The van der Waals surface area contributed by atoms with Gasteiger partial charge in [-0.3, -0.25) is 3.97 Å². The van der Waals surface area contributed by atoms with Crippen molar-refractivity contribution in [2.75, 3.05) is 36.3 Å². The van der Waals surface area contributed by atoms with Gasteiger partial charge in [-0.25, -0.2) is 15.0 Å². The van der Waals surface area contributed by atoms with E-state index in [1.165, 1.54) is 0 Å². The quantitative estimate of drug-likeness (QED) is 0.267. The highest BCUT2D eigenvalue weighted by Gasteiger charge is 2.40. The number of hydrogen-bond acceptors (Lipinski definition) is 9. The summed E-state index contributed by atoms with van der Waals surface area (Å²) >= 11 is 3.41. The molecule has 0 aliphatic carbocycles. The maximum atomic E-state index is 6.41. The van der Waals surface area contributed by atoms with Crippen LogP contribution >= 0.6 is 23.7 Å². The third kappa shape index (κ3) is 4.90. The fraction of sp³-hybridized carbons (Fsp3) is 0.433. The van der Waals surface area contributed by atoms with Crippen LogP contribution in [-0.2, 0) is 9.48 Å². The minimum atomic E-state index is -0.281. The summed E-state index contributed by atoms with van der Waals surface area (Å²) in [5, 5.41) is 4.62. The summed E-state index contributed by atoms with van der Waals surface area (Å²) in [5.74, 6) is 2.32. The Morgan fingerprint density at radius 3 is 2.62 bits per heavy atom. The standard InChI is InChI=1S/C30H36N6O2S2/c1-18(2)32-23-14-31-28-22(12-13-35(28)40-21-10-8-7-9-11-21)24(23)27-33-26(30(4,5)39-6)25-29(34-27)36-19(3)15-37-16-20(36)17-38-25/h7-14,18-20,32H,15-17H2,1-6H3/t19-,20?/m1/s1. The van der Waals surface area contributed by atoms with Gasteiger partial charge in [-0.2, -0.15) is 11.8 Å². The second-order valence-corrected chi connectivity index (χ2v) is 13.6. The second kappa shape index (κ2) is 10.8. The molecule has 210 valence electrons. The number of nitrogens with zero attached hydrogens (tertiary/aromatic N) is 5. The first-order chi connectivity index (χ1) is 19.3. The third-order valence-corrected chi connectivity index (χ3v) is 9.61. The Morgan fingerprint density at radius 2 is 1.88 bits per heavy atom. The number of fused-ring (bicyclic) bond motifs is 4. The fourth-order valence-electron chi connectivity index (χ4n) is 5.34. The summed E-state index contributed by atoms with van der Waals surface area (Å²) in [5.41, 5.74) is 3.66. The van der Waals surface area contributed by atoms with Gasteiger partial charge in [-0.15, -0.1) is 0 Å². The molecule has 1 fully saturated rings. The number of thioether (sulfide) groups is 1. The maximum absolute atomic E-state index is 6.41. The highest BCUT2D eigenvalue weighted by molar-refractivity contribution is 7.99. The SMILES string of the molecule is CSC(C)(C)c1nc(-c2c(NC(C)C)cnc3c2ccn3Sc2ccccc2)nc2c1OCC1COC[C@@H](C)N21. The first-order valence-electron chi connectivity index (χ1n) is 13.7. The van der Waals surface area contributed by atoms with Crippen LogP contribution in [0.4, 0.5) is 11.5 Å². The van der Waals surface area contributed by atoms with E-state index in [-0.39, 0.29) is 22.9 Å². The van der Waals surface area contributed by atoms with Crippen LogP contribution in [0.3, 0.4) is 0 Å². The lowest BCUT2D eigenvalue weighted by molar-refractivity contribution is 0.0482. The van der Waals surface area contributed by atoms with Crippen LogP contribution in [0.25, 0.3) is 22.4 Å². The summed E-state index contributed by atoms with van der Waals surface area (Å²) in [6.45, 7) is 12.7.